The molecule has 2 heterocycles. The van der Waals surface area contributed by atoms with Gasteiger partial charge in [-0.25, -0.2) is 9.37 Å². The highest BCUT2D eigenvalue weighted by Gasteiger charge is 2.22. The Balaban J connectivity index is 1.66. The van der Waals surface area contributed by atoms with Crippen molar-refractivity contribution in [3.05, 3.63) is 58.2 Å². The first-order valence-corrected chi connectivity index (χ1v) is 12.2. The molecule has 0 radical (unpaired) electrons. The minimum atomic E-state index is -0.692. The summed E-state index contributed by atoms with van der Waals surface area (Å²) in [4.78, 5) is 16.3. The standard InChI is InChI=1S/C25H30Cl2FN5O3/c1-14(21-17(26)7-8-18(28)22(21)27)35-20-10-15(11-31-23(20)30)16-12-32-33(13-16)9-5-6-19(29)24(34)36-25(2,3)4/h7-8,10-14,19H,5-6,9,29H2,1-4H3,(H2,30,31)/t14?,19-/m0/s1. The van der Waals surface area contributed by atoms with Crippen molar-refractivity contribution in [3.8, 4) is 16.9 Å². The zero-order chi connectivity index (χ0) is 26.6. The summed E-state index contributed by atoms with van der Waals surface area (Å²) >= 11 is 12.3. The second kappa shape index (κ2) is 11.5. The molecule has 1 unspecified atom stereocenters. The summed E-state index contributed by atoms with van der Waals surface area (Å²) in [7, 11) is 0. The van der Waals surface area contributed by atoms with Crippen LogP contribution in [0.5, 0.6) is 5.75 Å². The maximum absolute atomic E-state index is 13.9. The van der Waals surface area contributed by atoms with Crippen molar-refractivity contribution >= 4 is 35.0 Å². The van der Waals surface area contributed by atoms with Gasteiger partial charge in [0.25, 0.3) is 0 Å². The summed E-state index contributed by atoms with van der Waals surface area (Å²) in [5.74, 6) is -0.546. The van der Waals surface area contributed by atoms with E-state index in [0.717, 1.165) is 11.1 Å². The van der Waals surface area contributed by atoms with Crippen molar-refractivity contribution in [2.75, 3.05) is 5.73 Å². The van der Waals surface area contributed by atoms with Crippen LogP contribution in [-0.4, -0.2) is 32.4 Å². The Kier molecular flexibility index (Phi) is 8.81. The van der Waals surface area contributed by atoms with Gasteiger partial charge in [0, 0.05) is 40.7 Å². The summed E-state index contributed by atoms with van der Waals surface area (Å²) in [5, 5.41) is 4.55. The topological polar surface area (TPSA) is 118 Å². The second-order valence-corrected chi connectivity index (χ2v) is 10.2. The molecule has 0 amide bonds. The Morgan fingerprint density at radius 1 is 1.22 bits per heavy atom. The van der Waals surface area contributed by atoms with Gasteiger partial charge in [-0.05, 0) is 58.7 Å². The Bertz CT molecular complexity index is 1230. The molecule has 11 heteroatoms. The van der Waals surface area contributed by atoms with Crippen molar-refractivity contribution in [1.29, 1.82) is 0 Å². The summed E-state index contributed by atoms with van der Waals surface area (Å²) in [6.45, 7) is 7.67. The molecule has 8 nitrogen and oxygen atoms in total. The molecule has 3 aromatic rings. The van der Waals surface area contributed by atoms with E-state index in [0.29, 0.717) is 30.7 Å². The molecule has 0 saturated heterocycles. The summed E-state index contributed by atoms with van der Waals surface area (Å²) in [5.41, 5.74) is 13.2. The third-order valence-corrected chi connectivity index (χ3v) is 5.96. The van der Waals surface area contributed by atoms with E-state index in [1.165, 1.54) is 12.1 Å². The lowest BCUT2D eigenvalue weighted by molar-refractivity contribution is -0.156. The lowest BCUT2D eigenvalue weighted by Gasteiger charge is -2.22. The average Bonchev–Trinajstić information content (AvgIpc) is 3.25. The van der Waals surface area contributed by atoms with Gasteiger partial charge in [-0.2, -0.15) is 5.10 Å². The number of carbonyl (C=O) groups excluding carboxylic acids is 1. The molecule has 2 aromatic heterocycles. The van der Waals surface area contributed by atoms with Crippen molar-refractivity contribution in [1.82, 2.24) is 14.8 Å². The fourth-order valence-corrected chi connectivity index (χ4v) is 4.15. The molecule has 2 atom stereocenters. The number of nitrogen functional groups attached to an aromatic ring is 1. The number of anilines is 1. The Morgan fingerprint density at radius 3 is 2.64 bits per heavy atom. The SMILES string of the molecule is CC(Oc1cc(-c2cnn(CCC[C@H](N)C(=O)OC(C)(C)C)c2)cnc1N)c1c(Cl)ccc(F)c1Cl. The molecule has 0 fully saturated rings. The molecule has 0 aliphatic rings. The lowest BCUT2D eigenvalue weighted by Crippen LogP contribution is -2.37. The number of aryl methyl sites for hydroxylation is 1. The lowest BCUT2D eigenvalue weighted by atomic mass is 10.1. The van der Waals surface area contributed by atoms with Gasteiger partial charge >= 0.3 is 5.97 Å². The summed E-state index contributed by atoms with van der Waals surface area (Å²) < 4.78 is 27.0. The van der Waals surface area contributed by atoms with Crippen LogP contribution in [0, 0.1) is 5.82 Å². The van der Waals surface area contributed by atoms with Crippen LogP contribution in [0.4, 0.5) is 10.2 Å². The molecule has 194 valence electrons. The minimum Gasteiger partial charge on any atom is -0.482 e. The van der Waals surface area contributed by atoms with Crippen LogP contribution in [0.25, 0.3) is 11.1 Å². The van der Waals surface area contributed by atoms with E-state index in [4.69, 9.17) is 44.1 Å². The molecule has 0 bridgehead atoms. The molecule has 0 spiro atoms. The van der Waals surface area contributed by atoms with Gasteiger partial charge in [0.15, 0.2) is 11.6 Å². The molecule has 4 N–H and O–H groups in total. The van der Waals surface area contributed by atoms with Crippen molar-refractivity contribution < 1.29 is 18.7 Å². The van der Waals surface area contributed by atoms with Crippen LogP contribution in [0.2, 0.25) is 10.0 Å². The molecule has 0 saturated carbocycles. The van der Waals surface area contributed by atoms with Gasteiger partial charge < -0.3 is 20.9 Å². The predicted octanol–water partition coefficient (Wildman–Crippen LogP) is 5.56. The molecule has 3 rings (SSSR count). The molecular weight excluding hydrogens is 508 g/mol. The average molecular weight is 538 g/mol. The number of nitrogens with zero attached hydrogens (tertiary/aromatic N) is 3. The van der Waals surface area contributed by atoms with Crippen LogP contribution in [0.15, 0.2) is 36.8 Å². The second-order valence-electron chi connectivity index (χ2n) is 9.40. The largest absolute Gasteiger partial charge is 0.482 e. The molecular formula is C25H30Cl2FN5O3. The number of halogens is 3. The Labute approximate surface area is 219 Å². The number of rotatable bonds is 9. The number of benzene rings is 1. The highest BCUT2D eigenvalue weighted by atomic mass is 35.5. The fourth-order valence-electron chi connectivity index (χ4n) is 3.48. The smallest absolute Gasteiger partial charge is 0.323 e. The Morgan fingerprint density at radius 2 is 1.94 bits per heavy atom. The monoisotopic (exact) mass is 537 g/mol. The third kappa shape index (κ3) is 7.09. The maximum atomic E-state index is 13.9. The van der Waals surface area contributed by atoms with E-state index < -0.39 is 29.5 Å². The predicted molar refractivity (Wildman–Crippen MR) is 138 cm³/mol. The van der Waals surface area contributed by atoms with E-state index in [1.54, 1.807) is 50.8 Å². The maximum Gasteiger partial charge on any atom is 0.323 e. The number of esters is 1. The van der Waals surface area contributed by atoms with E-state index >= 15 is 0 Å². The van der Waals surface area contributed by atoms with Crippen molar-refractivity contribution in [2.45, 2.75) is 64.8 Å². The summed E-state index contributed by atoms with van der Waals surface area (Å²) in [6, 6.07) is 3.65. The molecule has 36 heavy (non-hydrogen) atoms. The number of carbonyl (C=O) groups is 1. The molecule has 0 aliphatic carbocycles. The van der Waals surface area contributed by atoms with Gasteiger partial charge in [-0.1, -0.05) is 23.2 Å². The first-order chi connectivity index (χ1) is 16.9. The Hall–Kier alpha value is -2.88. The normalized spacial score (nSPS) is 13.3. The number of hydrogen-bond donors (Lipinski definition) is 2. The summed E-state index contributed by atoms with van der Waals surface area (Å²) in [6.07, 6.45) is 5.57. The van der Waals surface area contributed by atoms with Crippen LogP contribution in [0.1, 0.15) is 52.2 Å². The number of aromatic nitrogens is 3. The first-order valence-electron chi connectivity index (χ1n) is 11.4. The number of pyridine rings is 1. The van der Waals surface area contributed by atoms with Crippen molar-refractivity contribution in [3.63, 3.8) is 0 Å². The zero-order valence-corrected chi connectivity index (χ0v) is 22.1. The quantitative estimate of drug-likeness (QED) is 0.270. The molecule has 1 aromatic carbocycles. The minimum absolute atomic E-state index is 0.106. The van der Waals surface area contributed by atoms with Gasteiger partial charge in [-0.15, -0.1) is 0 Å². The van der Waals surface area contributed by atoms with E-state index in [1.807, 2.05) is 6.20 Å². The number of hydrogen-bond acceptors (Lipinski definition) is 7. The van der Waals surface area contributed by atoms with Crippen LogP contribution in [0.3, 0.4) is 0 Å². The van der Waals surface area contributed by atoms with Crippen LogP contribution < -0.4 is 16.2 Å². The van der Waals surface area contributed by atoms with Gasteiger partial charge in [-0.3, -0.25) is 9.48 Å². The van der Waals surface area contributed by atoms with Crippen LogP contribution in [-0.2, 0) is 16.1 Å². The number of ether oxygens (including phenoxy) is 2. The highest BCUT2D eigenvalue weighted by molar-refractivity contribution is 6.36. The molecule has 0 aliphatic heterocycles. The van der Waals surface area contributed by atoms with Crippen molar-refractivity contribution in [2.24, 2.45) is 5.73 Å². The van der Waals surface area contributed by atoms with Crippen LogP contribution >= 0.6 is 23.2 Å². The zero-order valence-electron chi connectivity index (χ0n) is 20.6. The van der Waals surface area contributed by atoms with Gasteiger partial charge in [0.05, 0.1) is 11.2 Å². The first kappa shape index (κ1) is 27.7. The van der Waals surface area contributed by atoms with E-state index in [9.17, 15) is 9.18 Å². The third-order valence-electron chi connectivity index (χ3n) is 5.25. The highest BCUT2D eigenvalue weighted by Crippen LogP contribution is 2.36. The fraction of sp³-hybridized carbons (Fsp3) is 0.400. The van der Waals surface area contributed by atoms with Gasteiger partial charge in [0.1, 0.15) is 23.6 Å². The number of nitrogens with two attached hydrogens (primary N) is 2. The van der Waals surface area contributed by atoms with E-state index in [2.05, 4.69) is 10.1 Å². The van der Waals surface area contributed by atoms with E-state index in [-0.39, 0.29) is 15.9 Å². The van der Waals surface area contributed by atoms with Gasteiger partial charge in [0.2, 0.25) is 0 Å².